The van der Waals surface area contributed by atoms with Gasteiger partial charge in [-0.15, -0.1) is 0 Å². The van der Waals surface area contributed by atoms with Gasteiger partial charge in [0.2, 0.25) is 0 Å². The van der Waals surface area contributed by atoms with E-state index in [2.05, 4.69) is 5.32 Å². The van der Waals surface area contributed by atoms with Crippen LogP contribution in [0.2, 0.25) is 0 Å². The van der Waals surface area contributed by atoms with E-state index in [9.17, 15) is 14.4 Å². The molecule has 1 aliphatic heterocycles. The molecule has 3 N–H and O–H groups in total. The zero-order valence-electron chi connectivity index (χ0n) is 11.1. The molecule has 7 heteroatoms. The van der Waals surface area contributed by atoms with Crippen LogP contribution in [0.3, 0.4) is 0 Å². The fourth-order valence-corrected chi connectivity index (χ4v) is 2.44. The van der Waals surface area contributed by atoms with E-state index in [0.717, 1.165) is 6.42 Å². The predicted octanol–water partition coefficient (Wildman–Crippen LogP) is 0.602. The number of carbonyl (C=O) groups is 3. The Balaban J connectivity index is 2.61. The summed E-state index contributed by atoms with van der Waals surface area (Å²) in [4.78, 5) is 34.9. The number of piperidine rings is 1. The molecule has 1 rings (SSSR count). The summed E-state index contributed by atoms with van der Waals surface area (Å²) in [5.41, 5.74) is 0. The van der Waals surface area contributed by atoms with Crippen molar-refractivity contribution in [2.75, 3.05) is 13.1 Å². The lowest BCUT2D eigenvalue weighted by molar-refractivity contribution is -0.145. The Morgan fingerprint density at radius 1 is 1.21 bits per heavy atom. The highest BCUT2D eigenvalue weighted by Crippen LogP contribution is 2.20. The van der Waals surface area contributed by atoms with Crippen molar-refractivity contribution in [1.29, 1.82) is 0 Å². The van der Waals surface area contributed by atoms with Gasteiger partial charge in [-0.25, -0.2) is 9.59 Å². The lowest BCUT2D eigenvalue weighted by Crippen LogP contribution is -2.52. The molecule has 0 aromatic rings. The van der Waals surface area contributed by atoms with Crippen LogP contribution in [-0.2, 0) is 9.59 Å². The molecule has 19 heavy (non-hydrogen) atoms. The van der Waals surface area contributed by atoms with E-state index in [0.29, 0.717) is 24.9 Å². The minimum absolute atomic E-state index is 0.359. The average molecular weight is 272 g/mol. The van der Waals surface area contributed by atoms with Crippen LogP contribution in [0.15, 0.2) is 0 Å². The first kappa shape index (κ1) is 15.3. The van der Waals surface area contributed by atoms with Gasteiger partial charge in [0.05, 0.1) is 6.42 Å². The Hall–Kier alpha value is -1.79. The van der Waals surface area contributed by atoms with Gasteiger partial charge in [-0.05, 0) is 18.3 Å². The van der Waals surface area contributed by atoms with Crippen molar-refractivity contribution >= 4 is 18.0 Å². The SMILES string of the molecule is CC1CC(C)CN(C(=O)N[C@H](CC(=O)O)C(=O)O)C1. The summed E-state index contributed by atoms with van der Waals surface area (Å²) in [5, 5.41) is 19.8. The van der Waals surface area contributed by atoms with Crippen molar-refractivity contribution in [2.45, 2.75) is 32.7 Å². The molecule has 0 bridgehead atoms. The summed E-state index contributed by atoms with van der Waals surface area (Å²) in [6, 6.07) is -1.90. The van der Waals surface area contributed by atoms with Crippen LogP contribution < -0.4 is 5.32 Å². The first-order valence-corrected chi connectivity index (χ1v) is 6.29. The fraction of sp³-hybridized carbons (Fsp3) is 0.750. The molecule has 1 heterocycles. The zero-order valence-corrected chi connectivity index (χ0v) is 11.1. The van der Waals surface area contributed by atoms with Crippen LogP contribution >= 0.6 is 0 Å². The van der Waals surface area contributed by atoms with Gasteiger partial charge in [-0.3, -0.25) is 4.79 Å². The van der Waals surface area contributed by atoms with Gasteiger partial charge >= 0.3 is 18.0 Å². The van der Waals surface area contributed by atoms with Crippen LogP contribution in [0.1, 0.15) is 26.7 Å². The highest BCUT2D eigenvalue weighted by Gasteiger charge is 2.29. The lowest BCUT2D eigenvalue weighted by Gasteiger charge is -2.35. The summed E-state index contributed by atoms with van der Waals surface area (Å²) in [6.45, 7) is 5.19. The number of aliphatic carboxylic acids is 2. The molecule has 7 nitrogen and oxygen atoms in total. The predicted molar refractivity (Wildman–Crippen MR) is 66.7 cm³/mol. The molecule has 1 saturated heterocycles. The minimum atomic E-state index is -1.39. The molecule has 1 aliphatic rings. The third kappa shape index (κ3) is 4.76. The molecular formula is C12H20N2O5. The van der Waals surface area contributed by atoms with Crippen LogP contribution in [0.25, 0.3) is 0 Å². The van der Waals surface area contributed by atoms with Gasteiger partial charge in [-0.2, -0.15) is 0 Å². The number of carbonyl (C=O) groups excluding carboxylic acids is 1. The molecule has 108 valence electrons. The third-order valence-corrected chi connectivity index (χ3v) is 3.13. The van der Waals surface area contributed by atoms with E-state index in [-0.39, 0.29) is 0 Å². The normalized spacial score (nSPS) is 24.6. The average Bonchev–Trinajstić information content (AvgIpc) is 2.25. The van der Waals surface area contributed by atoms with Crippen LogP contribution in [0.5, 0.6) is 0 Å². The first-order chi connectivity index (χ1) is 8.79. The van der Waals surface area contributed by atoms with Gasteiger partial charge < -0.3 is 20.4 Å². The number of carboxylic acid groups (broad SMARTS) is 2. The molecule has 0 aromatic carbocycles. The highest BCUT2D eigenvalue weighted by atomic mass is 16.4. The highest BCUT2D eigenvalue weighted by molar-refractivity contribution is 5.86. The molecule has 2 unspecified atom stereocenters. The monoisotopic (exact) mass is 272 g/mol. The largest absolute Gasteiger partial charge is 0.481 e. The van der Waals surface area contributed by atoms with Crippen LogP contribution in [0.4, 0.5) is 4.79 Å². The van der Waals surface area contributed by atoms with Gasteiger partial charge in [0.1, 0.15) is 6.04 Å². The van der Waals surface area contributed by atoms with Gasteiger partial charge in [0.25, 0.3) is 0 Å². The standard InChI is InChI=1S/C12H20N2O5/c1-7-3-8(2)6-14(5-7)12(19)13-9(11(17)18)4-10(15)16/h7-9H,3-6H2,1-2H3,(H,13,19)(H,15,16)(H,17,18)/t7?,8?,9-/m1/s1. The molecular weight excluding hydrogens is 252 g/mol. The van der Waals surface area contributed by atoms with E-state index in [1.807, 2.05) is 13.8 Å². The smallest absolute Gasteiger partial charge is 0.326 e. The summed E-state index contributed by atoms with van der Waals surface area (Å²) in [5.74, 6) is -1.88. The Morgan fingerprint density at radius 2 is 1.74 bits per heavy atom. The molecule has 2 amide bonds. The van der Waals surface area contributed by atoms with Crippen molar-refractivity contribution < 1.29 is 24.6 Å². The third-order valence-electron chi connectivity index (χ3n) is 3.13. The van der Waals surface area contributed by atoms with Crippen LogP contribution in [-0.4, -0.2) is 52.2 Å². The maximum Gasteiger partial charge on any atom is 0.326 e. The lowest BCUT2D eigenvalue weighted by atomic mass is 9.92. The van der Waals surface area contributed by atoms with E-state index < -0.39 is 30.4 Å². The summed E-state index contributed by atoms with van der Waals surface area (Å²) in [7, 11) is 0. The van der Waals surface area contributed by atoms with Crippen molar-refractivity contribution in [1.82, 2.24) is 10.2 Å². The van der Waals surface area contributed by atoms with Crippen molar-refractivity contribution in [3.05, 3.63) is 0 Å². The van der Waals surface area contributed by atoms with E-state index >= 15 is 0 Å². The van der Waals surface area contributed by atoms with Crippen LogP contribution in [0, 0.1) is 11.8 Å². The Labute approximate surface area is 111 Å². The summed E-state index contributed by atoms with van der Waals surface area (Å²) < 4.78 is 0. The molecule has 0 spiro atoms. The van der Waals surface area contributed by atoms with E-state index in [4.69, 9.17) is 10.2 Å². The summed E-state index contributed by atoms with van der Waals surface area (Å²) >= 11 is 0. The van der Waals surface area contributed by atoms with Gasteiger partial charge in [0, 0.05) is 13.1 Å². The number of nitrogens with one attached hydrogen (secondary N) is 1. The number of nitrogens with zero attached hydrogens (tertiary/aromatic N) is 1. The maximum atomic E-state index is 11.9. The molecule has 0 aromatic heterocycles. The second kappa shape index (κ2) is 6.40. The quantitative estimate of drug-likeness (QED) is 0.694. The fourth-order valence-electron chi connectivity index (χ4n) is 2.44. The Bertz CT molecular complexity index is 361. The van der Waals surface area contributed by atoms with Gasteiger partial charge in [0.15, 0.2) is 0 Å². The number of hydrogen-bond acceptors (Lipinski definition) is 3. The molecule has 0 saturated carbocycles. The second-order valence-corrected chi connectivity index (χ2v) is 5.29. The second-order valence-electron chi connectivity index (χ2n) is 5.29. The van der Waals surface area contributed by atoms with Crippen molar-refractivity contribution in [3.8, 4) is 0 Å². The molecule has 1 fully saturated rings. The maximum absolute atomic E-state index is 11.9. The number of rotatable bonds is 4. The van der Waals surface area contributed by atoms with Gasteiger partial charge in [-0.1, -0.05) is 13.8 Å². The van der Waals surface area contributed by atoms with E-state index in [1.54, 1.807) is 4.90 Å². The number of hydrogen-bond donors (Lipinski definition) is 3. The van der Waals surface area contributed by atoms with Crippen molar-refractivity contribution in [2.24, 2.45) is 11.8 Å². The van der Waals surface area contributed by atoms with Crippen molar-refractivity contribution in [3.63, 3.8) is 0 Å². The number of likely N-dealkylation sites (tertiary alicyclic amines) is 1. The number of urea groups is 1. The minimum Gasteiger partial charge on any atom is -0.481 e. The molecule has 0 radical (unpaired) electrons. The number of amides is 2. The number of carboxylic acids is 2. The summed E-state index contributed by atoms with van der Waals surface area (Å²) in [6.07, 6.45) is 0.404. The Kier molecular flexibility index (Phi) is 5.14. The zero-order chi connectivity index (χ0) is 14.6. The van der Waals surface area contributed by atoms with E-state index in [1.165, 1.54) is 0 Å². The Morgan fingerprint density at radius 3 is 2.16 bits per heavy atom. The molecule has 0 aliphatic carbocycles. The topological polar surface area (TPSA) is 107 Å². The first-order valence-electron chi connectivity index (χ1n) is 6.29. The molecule has 3 atom stereocenters.